The summed E-state index contributed by atoms with van der Waals surface area (Å²) in [5, 5.41) is 22.5. The molecule has 0 aromatic heterocycles. The minimum absolute atomic E-state index is 0.147. The van der Waals surface area contributed by atoms with E-state index in [1.165, 1.54) is 77.0 Å². The minimum Gasteiger partial charge on any atom is -0.508 e. The number of rotatable bonds is 2. The maximum absolute atomic E-state index is 11.7. The Kier molecular flexibility index (Phi) is 3.14. The second-order valence-electron chi connectivity index (χ2n) is 12.3. The highest BCUT2D eigenvalue weighted by molar-refractivity contribution is 5.54. The molecule has 0 unspecified atom stereocenters. The first-order valence-corrected chi connectivity index (χ1v) is 12.1. The van der Waals surface area contributed by atoms with Crippen molar-refractivity contribution in [2.45, 2.75) is 87.9 Å². The number of hydrogen-bond acceptors (Lipinski definition) is 2. The van der Waals surface area contributed by atoms with Gasteiger partial charge in [-0.05, 0) is 136 Å². The number of benzene rings is 1. The molecule has 0 aliphatic heterocycles. The van der Waals surface area contributed by atoms with Gasteiger partial charge in [0.25, 0.3) is 0 Å². The molecule has 0 atom stereocenters. The fourth-order valence-corrected chi connectivity index (χ4v) is 10.3. The third-order valence-corrected chi connectivity index (χ3v) is 10.3. The second-order valence-corrected chi connectivity index (χ2v) is 12.3. The quantitative estimate of drug-likeness (QED) is 0.617. The van der Waals surface area contributed by atoms with Gasteiger partial charge in [-0.25, -0.2) is 0 Å². The molecule has 9 rings (SSSR count). The van der Waals surface area contributed by atoms with Gasteiger partial charge in [-0.15, -0.1) is 0 Å². The molecule has 0 amide bonds. The van der Waals surface area contributed by atoms with Crippen LogP contribution in [0.4, 0.5) is 0 Å². The molecule has 0 saturated heterocycles. The molecule has 2 N–H and O–H groups in total. The Morgan fingerprint density at radius 3 is 1.11 bits per heavy atom. The summed E-state index contributed by atoms with van der Waals surface area (Å²) >= 11 is 0. The average Bonchev–Trinajstić information content (AvgIpc) is 2.61. The molecule has 1 aromatic carbocycles. The normalized spacial score (nSPS) is 50.4. The number of phenolic OH excluding ortho intramolecular Hbond substituents is 2. The van der Waals surface area contributed by atoms with Crippen molar-refractivity contribution >= 4 is 0 Å². The van der Waals surface area contributed by atoms with Gasteiger partial charge in [-0.2, -0.15) is 0 Å². The van der Waals surface area contributed by atoms with Crippen molar-refractivity contribution in [2.24, 2.45) is 35.5 Å². The van der Waals surface area contributed by atoms with Gasteiger partial charge >= 0.3 is 0 Å². The first-order chi connectivity index (χ1) is 13.5. The zero-order chi connectivity index (χ0) is 18.7. The zero-order valence-electron chi connectivity index (χ0n) is 17.0. The highest BCUT2D eigenvalue weighted by Crippen LogP contribution is 2.65. The first-order valence-electron chi connectivity index (χ1n) is 12.1. The van der Waals surface area contributed by atoms with Crippen molar-refractivity contribution in [3.8, 4) is 11.5 Å². The Labute approximate surface area is 168 Å². The van der Waals surface area contributed by atoms with Crippen LogP contribution in [-0.2, 0) is 10.8 Å². The van der Waals surface area contributed by atoms with Crippen LogP contribution in [0.5, 0.6) is 11.5 Å². The zero-order valence-corrected chi connectivity index (χ0v) is 17.0. The maximum atomic E-state index is 11.7. The van der Waals surface area contributed by atoms with E-state index >= 15 is 0 Å². The van der Waals surface area contributed by atoms with Crippen LogP contribution in [0.2, 0.25) is 0 Å². The lowest BCUT2D eigenvalue weighted by atomic mass is 9.46. The Balaban J connectivity index is 1.36. The fourth-order valence-electron chi connectivity index (χ4n) is 10.3. The lowest BCUT2D eigenvalue weighted by Crippen LogP contribution is -2.50. The maximum Gasteiger partial charge on any atom is 0.123 e. The smallest absolute Gasteiger partial charge is 0.123 e. The fraction of sp³-hybridized carbons (Fsp3) is 0.769. The molecule has 0 radical (unpaired) electrons. The van der Waals surface area contributed by atoms with E-state index in [1.807, 2.05) is 12.1 Å². The largest absolute Gasteiger partial charge is 0.508 e. The monoisotopic (exact) mass is 378 g/mol. The molecule has 8 aliphatic rings. The summed E-state index contributed by atoms with van der Waals surface area (Å²) in [5.41, 5.74) is 2.57. The predicted octanol–water partition coefficient (Wildman–Crippen LogP) is 6.03. The molecule has 1 aromatic rings. The molecule has 8 bridgehead atoms. The van der Waals surface area contributed by atoms with Crippen LogP contribution in [0.3, 0.4) is 0 Å². The summed E-state index contributed by atoms with van der Waals surface area (Å²) in [6.07, 6.45) is 16.0. The summed E-state index contributed by atoms with van der Waals surface area (Å²) in [5.74, 6) is 6.15. The van der Waals surface area contributed by atoms with Gasteiger partial charge in [0, 0.05) is 11.1 Å². The Morgan fingerprint density at radius 1 is 0.536 bits per heavy atom. The summed E-state index contributed by atoms with van der Waals surface area (Å²) in [7, 11) is 0. The molecule has 28 heavy (non-hydrogen) atoms. The molecular weight excluding hydrogens is 344 g/mol. The SMILES string of the molecule is Oc1cc(C23CC4CC(CC(C4)C2)C3)c(O)c(C23CC4CC(CC(C4)C2)C3)c1. The molecule has 8 fully saturated rings. The van der Waals surface area contributed by atoms with Crippen LogP contribution >= 0.6 is 0 Å². The summed E-state index contributed by atoms with van der Waals surface area (Å²) < 4.78 is 0. The summed E-state index contributed by atoms with van der Waals surface area (Å²) in [6.45, 7) is 0. The van der Waals surface area contributed by atoms with Crippen molar-refractivity contribution in [2.75, 3.05) is 0 Å². The Hall–Kier alpha value is -1.18. The molecule has 2 nitrogen and oxygen atoms in total. The lowest BCUT2D eigenvalue weighted by Gasteiger charge is -2.58. The van der Waals surface area contributed by atoms with Crippen LogP contribution in [0.1, 0.15) is 88.2 Å². The van der Waals surface area contributed by atoms with E-state index in [0.717, 1.165) is 46.6 Å². The summed E-state index contributed by atoms with van der Waals surface area (Å²) in [4.78, 5) is 0. The van der Waals surface area contributed by atoms with Crippen LogP contribution in [0, 0.1) is 35.5 Å². The van der Waals surface area contributed by atoms with Crippen molar-refractivity contribution in [1.82, 2.24) is 0 Å². The topological polar surface area (TPSA) is 40.5 Å². The van der Waals surface area contributed by atoms with Gasteiger partial charge in [0.1, 0.15) is 11.5 Å². The van der Waals surface area contributed by atoms with Gasteiger partial charge in [-0.1, -0.05) is 0 Å². The summed E-state index contributed by atoms with van der Waals surface area (Å²) in [6, 6.07) is 3.93. The molecule has 8 saturated carbocycles. The highest BCUT2D eigenvalue weighted by Gasteiger charge is 2.55. The van der Waals surface area contributed by atoms with E-state index in [0.29, 0.717) is 11.5 Å². The third kappa shape index (κ3) is 2.16. The van der Waals surface area contributed by atoms with Crippen LogP contribution in [0.15, 0.2) is 12.1 Å². The predicted molar refractivity (Wildman–Crippen MR) is 109 cm³/mol. The molecular formula is C26H34O2. The second kappa shape index (κ2) is 5.29. The van der Waals surface area contributed by atoms with Crippen molar-refractivity contribution in [3.63, 3.8) is 0 Å². The molecule has 8 aliphatic carbocycles. The Bertz CT molecular complexity index is 701. The van der Waals surface area contributed by atoms with Crippen molar-refractivity contribution < 1.29 is 10.2 Å². The number of aromatic hydroxyl groups is 2. The molecule has 2 heteroatoms. The highest BCUT2D eigenvalue weighted by atomic mass is 16.3. The van der Waals surface area contributed by atoms with Crippen LogP contribution < -0.4 is 0 Å². The van der Waals surface area contributed by atoms with Crippen molar-refractivity contribution in [3.05, 3.63) is 23.3 Å². The van der Waals surface area contributed by atoms with E-state index in [2.05, 4.69) is 0 Å². The van der Waals surface area contributed by atoms with Gasteiger partial charge in [0.2, 0.25) is 0 Å². The van der Waals surface area contributed by atoms with Gasteiger partial charge in [0.15, 0.2) is 0 Å². The van der Waals surface area contributed by atoms with E-state index in [1.54, 1.807) is 0 Å². The first kappa shape index (κ1) is 16.6. The van der Waals surface area contributed by atoms with Gasteiger partial charge in [0.05, 0.1) is 0 Å². The minimum atomic E-state index is 0.147. The van der Waals surface area contributed by atoms with Crippen LogP contribution in [0.25, 0.3) is 0 Å². The van der Waals surface area contributed by atoms with E-state index in [9.17, 15) is 10.2 Å². The number of hydrogen-bond donors (Lipinski definition) is 2. The van der Waals surface area contributed by atoms with E-state index in [4.69, 9.17) is 0 Å². The molecule has 150 valence electrons. The van der Waals surface area contributed by atoms with Gasteiger partial charge < -0.3 is 10.2 Å². The van der Waals surface area contributed by atoms with Crippen molar-refractivity contribution in [1.29, 1.82) is 0 Å². The number of phenols is 2. The van der Waals surface area contributed by atoms with Gasteiger partial charge in [-0.3, -0.25) is 0 Å². The average molecular weight is 379 g/mol. The van der Waals surface area contributed by atoms with Crippen LogP contribution in [-0.4, -0.2) is 10.2 Å². The molecule has 0 heterocycles. The van der Waals surface area contributed by atoms with E-state index < -0.39 is 0 Å². The third-order valence-electron chi connectivity index (χ3n) is 10.3. The standard InChI is InChI=1S/C26H34O2/c27-21-7-22(25-9-15-1-16(10-25)3-17(2-15)11-25)24(28)23(8-21)26-12-18-4-19(13-26)6-20(5-18)14-26/h7-8,15-20,27-28H,1-6,9-14H2. The van der Waals surface area contributed by atoms with E-state index in [-0.39, 0.29) is 10.8 Å². The Morgan fingerprint density at radius 2 is 0.821 bits per heavy atom. The lowest BCUT2D eigenvalue weighted by molar-refractivity contribution is -0.0104. The molecule has 0 spiro atoms.